The predicted molar refractivity (Wildman–Crippen MR) is 130 cm³/mol. The summed E-state index contributed by atoms with van der Waals surface area (Å²) in [7, 11) is -3.74. The van der Waals surface area contributed by atoms with Crippen molar-refractivity contribution in [2.75, 3.05) is 31.1 Å². The third-order valence-corrected chi connectivity index (χ3v) is 8.17. The van der Waals surface area contributed by atoms with Gasteiger partial charge in [0.05, 0.1) is 16.0 Å². The molecule has 3 aromatic carbocycles. The van der Waals surface area contributed by atoms with Gasteiger partial charge in [-0.05, 0) is 29.8 Å². The zero-order valence-electron chi connectivity index (χ0n) is 18.6. The summed E-state index contributed by atoms with van der Waals surface area (Å²) in [6.45, 7) is 1.34. The van der Waals surface area contributed by atoms with Gasteiger partial charge in [-0.3, -0.25) is 4.98 Å². The first-order chi connectivity index (χ1) is 16.7. The summed E-state index contributed by atoms with van der Waals surface area (Å²) in [6.07, 6.45) is -2.96. The average molecular weight is 498 g/mol. The Morgan fingerprint density at radius 2 is 1.49 bits per heavy atom. The molecule has 0 N–H and O–H groups in total. The van der Waals surface area contributed by atoms with Gasteiger partial charge in [0.1, 0.15) is 0 Å². The monoisotopic (exact) mass is 497 g/mol. The van der Waals surface area contributed by atoms with Gasteiger partial charge in [-0.1, -0.05) is 54.6 Å². The van der Waals surface area contributed by atoms with Gasteiger partial charge < -0.3 is 4.90 Å². The van der Waals surface area contributed by atoms with Crippen LogP contribution in [-0.2, 0) is 16.2 Å². The maximum atomic E-state index is 13.6. The maximum Gasteiger partial charge on any atom is 0.416 e. The molecule has 1 fully saturated rings. The van der Waals surface area contributed by atoms with E-state index in [2.05, 4.69) is 4.98 Å². The fraction of sp³-hybridized carbons (Fsp3) is 0.192. The standard InChI is InChI=1S/C26H22F3N3O2S/c27-26(28,29)20-10-11-22-23(18-20)30-13-12-24(22)31-14-16-32(17-15-31)35(33,34)25-9-5-4-8-21(25)19-6-2-1-3-7-19/h1-13,18H,14-17H2. The molecule has 1 aromatic heterocycles. The van der Waals surface area contributed by atoms with E-state index in [1.807, 2.05) is 41.3 Å². The molecule has 0 bridgehead atoms. The summed E-state index contributed by atoms with van der Waals surface area (Å²) < 4.78 is 67.9. The molecule has 0 saturated carbocycles. The van der Waals surface area contributed by atoms with Crippen molar-refractivity contribution in [2.24, 2.45) is 0 Å². The van der Waals surface area contributed by atoms with Crippen molar-refractivity contribution in [3.05, 3.63) is 90.6 Å². The fourth-order valence-electron chi connectivity index (χ4n) is 4.44. The number of halogens is 3. The molecule has 1 aliphatic rings. The zero-order valence-corrected chi connectivity index (χ0v) is 19.4. The number of benzene rings is 3. The van der Waals surface area contributed by atoms with Crippen LogP contribution in [0, 0.1) is 0 Å². The van der Waals surface area contributed by atoms with E-state index in [4.69, 9.17) is 0 Å². The van der Waals surface area contributed by atoms with Crippen LogP contribution >= 0.6 is 0 Å². The Labute approximate surface area is 201 Å². The second-order valence-corrected chi connectivity index (χ2v) is 10.2. The molecule has 0 amide bonds. The molecule has 5 rings (SSSR count). The number of hydrogen-bond donors (Lipinski definition) is 0. The lowest BCUT2D eigenvalue weighted by Gasteiger charge is -2.36. The van der Waals surface area contributed by atoms with Crippen LogP contribution in [0.2, 0.25) is 0 Å². The van der Waals surface area contributed by atoms with E-state index in [9.17, 15) is 21.6 Å². The summed E-state index contributed by atoms with van der Waals surface area (Å²) in [5, 5.41) is 0.603. The minimum atomic E-state index is -4.44. The van der Waals surface area contributed by atoms with Gasteiger partial charge in [-0.25, -0.2) is 8.42 Å². The highest BCUT2D eigenvalue weighted by Crippen LogP contribution is 2.34. The Kier molecular flexibility index (Phi) is 5.98. The van der Waals surface area contributed by atoms with Crippen molar-refractivity contribution in [2.45, 2.75) is 11.1 Å². The van der Waals surface area contributed by atoms with Crippen LogP contribution in [0.5, 0.6) is 0 Å². The lowest BCUT2D eigenvalue weighted by Crippen LogP contribution is -2.48. The number of piperazine rings is 1. The highest BCUT2D eigenvalue weighted by atomic mass is 32.2. The number of anilines is 1. The van der Waals surface area contributed by atoms with Gasteiger partial charge >= 0.3 is 6.18 Å². The lowest BCUT2D eigenvalue weighted by molar-refractivity contribution is -0.137. The molecule has 180 valence electrons. The summed E-state index contributed by atoms with van der Waals surface area (Å²) in [6, 6.07) is 21.6. The van der Waals surface area contributed by atoms with E-state index < -0.39 is 21.8 Å². The zero-order chi connectivity index (χ0) is 24.6. The smallest absolute Gasteiger partial charge is 0.368 e. The summed E-state index contributed by atoms with van der Waals surface area (Å²) in [4.78, 5) is 6.36. The highest BCUT2D eigenvalue weighted by Gasteiger charge is 2.32. The van der Waals surface area contributed by atoms with Crippen LogP contribution in [0.15, 0.2) is 90.0 Å². The van der Waals surface area contributed by atoms with Gasteiger partial charge in [0.25, 0.3) is 0 Å². The van der Waals surface area contributed by atoms with Crippen molar-refractivity contribution >= 4 is 26.6 Å². The Balaban J connectivity index is 1.39. The number of hydrogen-bond acceptors (Lipinski definition) is 4. The third-order valence-electron chi connectivity index (χ3n) is 6.22. The second-order valence-electron chi connectivity index (χ2n) is 8.31. The van der Waals surface area contributed by atoms with Gasteiger partial charge in [0.15, 0.2) is 0 Å². The van der Waals surface area contributed by atoms with E-state index in [0.29, 0.717) is 24.0 Å². The number of nitrogens with zero attached hydrogens (tertiary/aromatic N) is 3. The molecule has 0 unspecified atom stereocenters. The molecule has 0 radical (unpaired) electrons. The Hall–Kier alpha value is -3.43. The van der Waals surface area contributed by atoms with E-state index in [1.54, 1.807) is 24.3 Å². The van der Waals surface area contributed by atoms with Crippen LogP contribution in [0.25, 0.3) is 22.0 Å². The number of sulfonamides is 1. The van der Waals surface area contributed by atoms with Gasteiger partial charge in [0, 0.05) is 49.0 Å². The maximum absolute atomic E-state index is 13.6. The Morgan fingerprint density at radius 3 is 2.20 bits per heavy atom. The predicted octanol–water partition coefficient (Wildman–Crippen LogP) is 5.43. The molecule has 1 aliphatic heterocycles. The average Bonchev–Trinajstić information content (AvgIpc) is 2.88. The first-order valence-electron chi connectivity index (χ1n) is 11.1. The van der Waals surface area contributed by atoms with E-state index in [0.717, 1.165) is 23.4 Å². The van der Waals surface area contributed by atoms with Gasteiger partial charge in [0.2, 0.25) is 10.0 Å². The topological polar surface area (TPSA) is 53.5 Å². The van der Waals surface area contributed by atoms with Gasteiger partial charge in [-0.2, -0.15) is 17.5 Å². The summed E-state index contributed by atoms with van der Waals surface area (Å²) >= 11 is 0. The van der Waals surface area contributed by atoms with Crippen molar-refractivity contribution < 1.29 is 21.6 Å². The van der Waals surface area contributed by atoms with Crippen LogP contribution in [0.1, 0.15) is 5.56 Å². The second kappa shape index (κ2) is 8.98. The van der Waals surface area contributed by atoms with Crippen LogP contribution in [0.3, 0.4) is 0 Å². The van der Waals surface area contributed by atoms with E-state index in [1.165, 1.54) is 16.6 Å². The molecule has 4 aromatic rings. The van der Waals surface area contributed by atoms with Crippen molar-refractivity contribution in [3.8, 4) is 11.1 Å². The number of fused-ring (bicyclic) bond motifs is 1. The summed E-state index contributed by atoms with van der Waals surface area (Å²) in [5.41, 5.74) is 1.72. The summed E-state index contributed by atoms with van der Waals surface area (Å²) in [5.74, 6) is 0. The van der Waals surface area contributed by atoms with E-state index >= 15 is 0 Å². The van der Waals surface area contributed by atoms with Crippen LogP contribution < -0.4 is 4.90 Å². The largest absolute Gasteiger partial charge is 0.416 e. The quantitative estimate of drug-likeness (QED) is 0.377. The molecule has 5 nitrogen and oxygen atoms in total. The number of pyridine rings is 1. The number of aromatic nitrogens is 1. The van der Waals surface area contributed by atoms with Crippen LogP contribution in [-0.4, -0.2) is 43.9 Å². The molecular weight excluding hydrogens is 475 g/mol. The molecule has 0 aliphatic carbocycles. The SMILES string of the molecule is O=S(=O)(c1ccccc1-c1ccccc1)N1CCN(c2ccnc3cc(C(F)(F)F)ccc23)CC1. The van der Waals surface area contributed by atoms with E-state index in [-0.39, 0.29) is 23.5 Å². The van der Waals surface area contributed by atoms with Gasteiger partial charge in [-0.15, -0.1) is 0 Å². The molecule has 35 heavy (non-hydrogen) atoms. The molecule has 2 heterocycles. The first kappa shape index (κ1) is 23.3. The Morgan fingerprint density at radius 1 is 0.800 bits per heavy atom. The van der Waals surface area contributed by atoms with Crippen molar-refractivity contribution in [1.29, 1.82) is 0 Å². The highest BCUT2D eigenvalue weighted by molar-refractivity contribution is 7.89. The molecule has 9 heteroatoms. The third kappa shape index (κ3) is 4.49. The number of rotatable bonds is 4. The molecule has 0 spiro atoms. The molecule has 0 atom stereocenters. The molecular formula is C26H22F3N3O2S. The minimum Gasteiger partial charge on any atom is -0.368 e. The number of alkyl halides is 3. The normalized spacial score (nSPS) is 15.5. The fourth-order valence-corrected chi connectivity index (χ4v) is 6.08. The van der Waals surface area contributed by atoms with Crippen molar-refractivity contribution in [1.82, 2.24) is 9.29 Å². The molecule has 1 saturated heterocycles. The lowest BCUT2D eigenvalue weighted by atomic mass is 10.1. The van der Waals surface area contributed by atoms with Crippen molar-refractivity contribution in [3.63, 3.8) is 0 Å². The van der Waals surface area contributed by atoms with Crippen LogP contribution in [0.4, 0.5) is 18.9 Å². The Bertz CT molecular complexity index is 1470. The first-order valence-corrected chi connectivity index (χ1v) is 12.5. The minimum absolute atomic E-state index is 0.254.